The van der Waals surface area contributed by atoms with Crippen molar-refractivity contribution in [3.63, 3.8) is 0 Å². The first-order chi connectivity index (χ1) is 8.57. The number of hydrogen-bond acceptors (Lipinski definition) is 2. The number of nitrogens with zero attached hydrogens (tertiary/aromatic N) is 1. The summed E-state index contributed by atoms with van der Waals surface area (Å²) in [7, 11) is -0.222. The van der Waals surface area contributed by atoms with Gasteiger partial charge in [0.25, 0.3) is 0 Å². The molecular formula is C15H28N2Si. The number of nitrogens with one attached hydrogen (secondary N) is 1. The summed E-state index contributed by atoms with van der Waals surface area (Å²) in [6.45, 7) is 13.6. The van der Waals surface area contributed by atoms with Crippen LogP contribution in [0, 0.1) is 0 Å². The van der Waals surface area contributed by atoms with Crippen LogP contribution in [0.4, 0.5) is 0 Å². The summed E-state index contributed by atoms with van der Waals surface area (Å²) in [6.07, 6.45) is 0. The van der Waals surface area contributed by atoms with Crippen LogP contribution in [0.3, 0.4) is 0 Å². The van der Waals surface area contributed by atoms with Crippen LogP contribution >= 0.6 is 0 Å². The summed E-state index contributed by atoms with van der Waals surface area (Å²) in [5.74, 6) is 0. The van der Waals surface area contributed by atoms with Crippen molar-refractivity contribution < 1.29 is 0 Å². The molecule has 0 radical (unpaired) electrons. The van der Waals surface area contributed by atoms with Gasteiger partial charge in [-0.25, -0.2) is 0 Å². The van der Waals surface area contributed by atoms with E-state index in [4.69, 9.17) is 0 Å². The molecule has 0 unspecified atom stereocenters. The lowest BCUT2D eigenvalue weighted by atomic mass is 10.2. The third-order valence-electron chi connectivity index (χ3n) is 3.36. The van der Waals surface area contributed by atoms with Gasteiger partial charge in [-0.05, 0) is 24.7 Å². The van der Waals surface area contributed by atoms with Gasteiger partial charge in [-0.3, -0.25) is 4.90 Å². The minimum atomic E-state index is -0.222. The predicted octanol–water partition coefficient (Wildman–Crippen LogP) is 1.57. The first-order valence-corrected chi connectivity index (χ1v) is 8.46. The van der Waals surface area contributed by atoms with Crippen molar-refractivity contribution in [1.82, 2.24) is 10.2 Å². The Morgan fingerprint density at radius 2 is 1.72 bits per heavy atom. The molecule has 0 saturated carbocycles. The van der Waals surface area contributed by atoms with Crippen molar-refractivity contribution in [3.05, 3.63) is 30.3 Å². The molecule has 1 N–H and O–H groups in total. The zero-order valence-electron chi connectivity index (χ0n) is 12.4. The maximum Gasteiger partial charge on any atom is 0.0617 e. The van der Waals surface area contributed by atoms with E-state index in [0.717, 1.165) is 26.3 Å². The smallest absolute Gasteiger partial charge is 0.0617 e. The van der Waals surface area contributed by atoms with E-state index >= 15 is 0 Å². The quantitative estimate of drug-likeness (QED) is 0.566. The molecule has 102 valence electrons. The molecule has 3 heteroatoms. The van der Waals surface area contributed by atoms with Crippen LogP contribution in [0.1, 0.15) is 27.7 Å². The SMILES string of the molecule is CCN(CC)CNCC(C)(C)[SiH2]c1ccccc1. The van der Waals surface area contributed by atoms with E-state index in [1.165, 1.54) is 0 Å². The summed E-state index contributed by atoms with van der Waals surface area (Å²) in [6, 6.07) is 11.0. The molecule has 1 rings (SSSR count). The molecule has 0 aliphatic heterocycles. The van der Waals surface area contributed by atoms with Gasteiger partial charge in [0.05, 0.1) is 9.52 Å². The van der Waals surface area contributed by atoms with Crippen LogP contribution < -0.4 is 10.5 Å². The van der Waals surface area contributed by atoms with Crippen LogP contribution in [-0.4, -0.2) is 40.7 Å². The Kier molecular flexibility index (Phi) is 6.61. The molecule has 0 heterocycles. The fraction of sp³-hybridized carbons (Fsp3) is 0.600. The van der Waals surface area contributed by atoms with Crippen LogP contribution in [0.25, 0.3) is 0 Å². The topological polar surface area (TPSA) is 15.3 Å². The van der Waals surface area contributed by atoms with E-state index in [-0.39, 0.29) is 9.52 Å². The van der Waals surface area contributed by atoms with Gasteiger partial charge in [-0.1, -0.05) is 63.2 Å². The molecule has 0 aliphatic carbocycles. The normalized spacial score (nSPS) is 12.7. The second-order valence-corrected chi connectivity index (χ2v) is 8.80. The average Bonchev–Trinajstić information content (AvgIpc) is 2.35. The van der Waals surface area contributed by atoms with Crippen LogP contribution in [-0.2, 0) is 0 Å². The fourth-order valence-corrected chi connectivity index (χ4v) is 4.13. The highest BCUT2D eigenvalue weighted by molar-refractivity contribution is 6.56. The molecule has 18 heavy (non-hydrogen) atoms. The van der Waals surface area contributed by atoms with E-state index < -0.39 is 0 Å². The minimum absolute atomic E-state index is 0.222. The fourth-order valence-electron chi connectivity index (χ4n) is 2.21. The lowest BCUT2D eigenvalue weighted by molar-refractivity contribution is 0.275. The number of hydrogen-bond donors (Lipinski definition) is 1. The zero-order chi connectivity index (χ0) is 13.4. The third-order valence-corrected chi connectivity index (χ3v) is 5.45. The molecule has 0 bridgehead atoms. The summed E-state index contributed by atoms with van der Waals surface area (Å²) in [5, 5.41) is 5.61. The minimum Gasteiger partial charge on any atom is -0.304 e. The Bertz CT molecular complexity index is 321. The summed E-state index contributed by atoms with van der Waals surface area (Å²) in [4.78, 5) is 2.42. The largest absolute Gasteiger partial charge is 0.304 e. The third kappa shape index (κ3) is 5.80. The van der Waals surface area contributed by atoms with Gasteiger partial charge in [-0.15, -0.1) is 0 Å². The molecule has 0 saturated heterocycles. The zero-order valence-corrected chi connectivity index (χ0v) is 13.8. The van der Waals surface area contributed by atoms with E-state index in [1.807, 2.05) is 0 Å². The lowest BCUT2D eigenvalue weighted by Gasteiger charge is -2.27. The molecule has 0 aromatic heterocycles. The van der Waals surface area contributed by atoms with Crippen LogP contribution in [0.5, 0.6) is 0 Å². The van der Waals surface area contributed by atoms with Crippen molar-refractivity contribution in [3.8, 4) is 0 Å². The van der Waals surface area contributed by atoms with Crippen LogP contribution in [0.2, 0.25) is 5.04 Å². The van der Waals surface area contributed by atoms with Crippen molar-refractivity contribution in [2.45, 2.75) is 32.7 Å². The Balaban J connectivity index is 2.35. The Morgan fingerprint density at radius 1 is 1.11 bits per heavy atom. The van der Waals surface area contributed by atoms with E-state index in [9.17, 15) is 0 Å². The van der Waals surface area contributed by atoms with Gasteiger partial charge in [-0.2, -0.15) is 0 Å². The van der Waals surface area contributed by atoms with E-state index in [1.54, 1.807) is 5.19 Å². The van der Waals surface area contributed by atoms with Gasteiger partial charge in [0.1, 0.15) is 0 Å². The maximum atomic E-state index is 3.61. The standard InChI is InChI=1S/C15H28N2Si/c1-5-17(6-2)13-16-12-15(3,4)18-14-10-8-7-9-11-14/h7-11,16H,5-6,12-13,18H2,1-4H3. The molecule has 2 nitrogen and oxygen atoms in total. The van der Waals surface area contributed by atoms with Gasteiger partial charge in [0, 0.05) is 6.67 Å². The maximum absolute atomic E-state index is 3.61. The van der Waals surface area contributed by atoms with Crippen LogP contribution in [0.15, 0.2) is 30.3 Å². The van der Waals surface area contributed by atoms with Crippen molar-refractivity contribution in [1.29, 1.82) is 0 Å². The van der Waals surface area contributed by atoms with E-state index in [0.29, 0.717) is 5.04 Å². The first-order valence-electron chi connectivity index (χ1n) is 7.04. The predicted molar refractivity (Wildman–Crippen MR) is 84.5 cm³/mol. The van der Waals surface area contributed by atoms with Crippen molar-refractivity contribution >= 4 is 14.7 Å². The van der Waals surface area contributed by atoms with Gasteiger partial charge in [0.15, 0.2) is 0 Å². The van der Waals surface area contributed by atoms with Gasteiger partial charge >= 0.3 is 0 Å². The molecule has 1 aromatic carbocycles. The average molecular weight is 264 g/mol. The molecule has 0 aliphatic rings. The molecule has 0 atom stereocenters. The van der Waals surface area contributed by atoms with E-state index in [2.05, 4.69) is 68.2 Å². The monoisotopic (exact) mass is 264 g/mol. The molecule has 0 spiro atoms. The second kappa shape index (κ2) is 7.72. The highest BCUT2D eigenvalue weighted by Gasteiger charge is 2.18. The highest BCUT2D eigenvalue weighted by atomic mass is 28.2. The lowest BCUT2D eigenvalue weighted by Crippen LogP contribution is -2.40. The molecule has 0 amide bonds. The van der Waals surface area contributed by atoms with Gasteiger partial charge in [0.2, 0.25) is 0 Å². The Morgan fingerprint density at radius 3 is 2.28 bits per heavy atom. The van der Waals surface area contributed by atoms with Gasteiger partial charge < -0.3 is 5.32 Å². The second-order valence-electron chi connectivity index (χ2n) is 5.71. The number of benzene rings is 1. The summed E-state index contributed by atoms with van der Waals surface area (Å²) >= 11 is 0. The van der Waals surface area contributed by atoms with Crippen molar-refractivity contribution in [2.24, 2.45) is 0 Å². The molecule has 0 fully saturated rings. The highest BCUT2D eigenvalue weighted by Crippen LogP contribution is 2.20. The summed E-state index contributed by atoms with van der Waals surface area (Å²) in [5.41, 5.74) is 0. The number of rotatable bonds is 8. The summed E-state index contributed by atoms with van der Waals surface area (Å²) < 4.78 is 0. The molecular weight excluding hydrogens is 236 g/mol. The molecule has 1 aromatic rings. The Labute approximate surface area is 115 Å². The Hall–Kier alpha value is -0.643. The first kappa shape index (κ1) is 15.4. The van der Waals surface area contributed by atoms with Crippen molar-refractivity contribution in [2.75, 3.05) is 26.3 Å².